The number of carbonyl (C=O) groups excluding carboxylic acids is 1. The van der Waals surface area contributed by atoms with Crippen molar-refractivity contribution in [2.45, 2.75) is 45.5 Å². The smallest absolute Gasteiger partial charge is 0.342 e. The third kappa shape index (κ3) is 4.70. The second-order valence-electron chi connectivity index (χ2n) is 6.14. The van der Waals surface area contributed by atoms with Gasteiger partial charge in [0.2, 0.25) is 5.91 Å². The molecule has 1 aliphatic rings. The Labute approximate surface area is 134 Å². The highest BCUT2D eigenvalue weighted by molar-refractivity contribution is 5.75. The second kappa shape index (κ2) is 7.34. The molecule has 0 bridgehead atoms. The van der Waals surface area contributed by atoms with Gasteiger partial charge in [0, 0.05) is 32.1 Å². The van der Waals surface area contributed by atoms with E-state index in [1.165, 1.54) is 12.1 Å². The monoisotopic (exact) mass is 328 g/mol. The van der Waals surface area contributed by atoms with Crippen molar-refractivity contribution in [1.29, 1.82) is 0 Å². The van der Waals surface area contributed by atoms with Gasteiger partial charge in [-0.2, -0.15) is 13.2 Å². The standard InChI is InChI=1S/C17H23F3N2O/c1-3-16(23)22-8-7-15(12(2)11-22)21-10-13-5-4-6-14(9-13)17(18,19)20/h4-6,9,12,15,21H,3,7-8,10-11H2,1-2H3/t12-,15+/m0/s1. The van der Waals surface area contributed by atoms with E-state index in [0.717, 1.165) is 12.5 Å². The van der Waals surface area contributed by atoms with Crippen molar-refractivity contribution in [2.24, 2.45) is 5.92 Å². The Morgan fingerprint density at radius 1 is 1.39 bits per heavy atom. The van der Waals surface area contributed by atoms with Crippen LogP contribution in [0.4, 0.5) is 13.2 Å². The zero-order chi connectivity index (χ0) is 17.0. The predicted molar refractivity (Wildman–Crippen MR) is 82.7 cm³/mol. The van der Waals surface area contributed by atoms with Crippen LogP contribution in [0.25, 0.3) is 0 Å². The number of hydrogen-bond donors (Lipinski definition) is 1. The van der Waals surface area contributed by atoms with Gasteiger partial charge in [-0.15, -0.1) is 0 Å². The highest BCUT2D eigenvalue weighted by Crippen LogP contribution is 2.29. The molecule has 0 saturated carbocycles. The number of hydrogen-bond acceptors (Lipinski definition) is 2. The molecule has 1 heterocycles. The summed E-state index contributed by atoms with van der Waals surface area (Å²) in [7, 11) is 0. The number of rotatable bonds is 4. The normalized spacial score (nSPS) is 22.2. The first-order valence-corrected chi connectivity index (χ1v) is 7.98. The Kier molecular flexibility index (Phi) is 5.68. The Morgan fingerprint density at radius 3 is 2.74 bits per heavy atom. The Hall–Kier alpha value is -1.56. The van der Waals surface area contributed by atoms with Gasteiger partial charge in [0.1, 0.15) is 0 Å². The fourth-order valence-electron chi connectivity index (χ4n) is 3.01. The second-order valence-corrected chi connectivity index (χ2v) is 6.14. The maximum absolute atomic E-state index is 12.7. The van der Waals surface area contributed by atoms with Crippen LogP contribution in [0.1, 0.15) is 37.8 Å². The lowest BCUT2D eigenvalue weighted by Gasteiger charge is -2.37. The molecule has 1 fully saturated rings. The first-order chi connectivity index (χ1) is 10.8. The summed E-state index contributed by atoms with van der Waals surface area (Å²) in [5, 5.41) is 3.34. The molecule has 2 rings (SSSR count). The van der Waals surface area contributed by atoms with Gasteiger partial charge in [0.15, 0.2) is 0 Å². The van der Waals surface area contributed by atoms with E-state index in [2.05, 4.69) is 12.2 Å². The fourth-order valence-corrected chi connectivity index (χ4v) is 3.01. The molecule has 1 aromatic carbocycles. The number of halogens is 3. The molecule has 1 amide bonds. The lowest BCUT2D eigenvalue weighted by atomic mass is 9.93. The first kappa shape index (κ1) is 17.8. The summed E-state index contributed by atoms with van der Waals surface area (Å²) in [6, 6.07) is 5.62. The zero-order valence-corrected chi connectivity index (χ0v) is 13.5. The third-order valence-electron chi connectivity index (χ3n) is 4.38. The third-order valence-corrected chi connectivity index (χ3v) is 4.38. The summed E-state index contributed by atoms with van der Waals surface area (Å²) in [5.41, 5.74) is 0.00676. The number of likely N-dealkylation sites (tertiary alicyclic amines) is 1. The molecule has 128 valence electrons. The van der Waals surface area contributed by atoms with E-state index in [0.29, 0.717) is 31.6 Å². The molecule has 1 aromatic rings. The molecule has 1 aliphatic heterocycles. The number of piperidine rings is 1. The number of alkyl halides is 3. The summed E-state index contributed by atoms with van der Waals surface area (Å²) in [6.07, 6.45) is -2.98. The van der Waals surface area contributed by atoms with E-state index in [4.69, 9.17) is 0 Å². The van der Waals surface area contributed by atoms with Crippen LogP contribution in [0.5, 0.6) is 0 Å². The minimum Gasteiger partial charge on any atom is -0.342 e. The highest BCUT2D eigenvalue weighted by atomic mass is 19.4. The summed E-state index contributed by atoms with van der Waals surface area (Å²) in [4.78, 5) is 13.6. The highest BCUT2D eigenvalue weighted by Gasteiger charge is 2.31. The van der Waals surface area contributed by atoms with Gasteiger partial charge in [-0.25, -0.2) is 0 Å². The van der Waals surface area contributed by atoms with Gasteiger partial charge in [0.25, 0.3) is 0 Å². The molecule has 2 atom stereocenters. The van der Waals surface area contributed by atoms with Crippen molar-refractivity contribution in [3.8, 4) is 0 Å². The lowest BCUT2D eigenvalue weighted by Crippen LogP contribution is -2.49. The maximum atomic E-state index is 12.7. The largest absolute Gasteiger partial charge is 0.416 e. The summed E-state index contributed by atoms with van der Waals surface area (Å²) in [6.45, 7) is 5.73. The Balaban J connectivity index is 1.91. The van der Waals surface area contributed by atoms with Crippen molar-refractivity contribution in [3.63, 3.8) is 0 Å². The van der Waals surface area contributed by atoms with E-state index < -0.39 is 11.7 Å². The molecule has 0 radical (unpaired) electrons. The van der Waals surface area contributed by atoms with Crippen LogP contribution in [0, 0.1) is 5.92 Å². The van der Waals surface area contributed by atoms with E-state index in [1.54, 1.807) is 6.07 Å². The van der Waals surface area contributed by atoms with Crippen LogP contribution < -0.4 is 5.32 Å². The maximum Gasteiger partial charge on any atom is 0.416 e. The molecule has 0 aromatic heterocycles. The molecule has 0 unspecified atom stereocenters. The zero-order valence-electron chi connectivity index (χ0n) is 13.5. The lowest BCUT2D eigenvalue weighted by molar-refractivity contribution is -0.137. The molecule has 6 heteroatoms. The first-order valence-electron chi connectivity index (χ1n) is 7.98. The summed E-state index contributed by atoms with van der Waals surface area (Å²) >= 11 is 0. The van der Waals surface area contributed by atoms with E-state index in [1.807, 2.05) is 11.8 Å². The van der Waals surface area contributed by atoms with Crippen LogP contribution >= 0.6 is 0 Å². The number of nitrogens with zero attached hydrogens (tertiary/aromatic N) is 1. The van der Waals surface area contributed by atoms with Crippen LogP contribution in [-0.2, 0) is 17.5 Å². The quantitative estimate of drug-likeness (QED) is 0.918. The van der Waals surface area contributed by atoms with Crippen LogP contribution in [0.15, 0.2) is 24.3 Å². The minimum atomic E-state index is -4.31. The predicted octanol–water partition coefficient (Wildman–Crippen LogP) is 3.44. The summed E-state index contributed by atoms with van der Waals surface area (Å²) in [5.74, 6) is 0.443. The van der Waals surface area contributed by atoms with Crippen molar-refractivity contribution in [3.05, 3.63) is 35.4 Å². The van der Waals surface area contributed by atoms with Crippen molar-refractivity contribution >= 4 is 5.91 Å². The summed E-state index contributed by atoms with van der Waals surface area (Å²) < 4.78 is 38.2. The SMILES string of the molecule is CCC(=O)N1CC[C@@H](NCc2cccc(C(F)(F)F)c2)[C@@H](C)C1. The topological polar surface area (TPSA) is 32.3 Å². The van der Waals surface area contributed by atoms with Gasteiger partial charge in [0.05, 0.1) is 5.56 Å². The number of benzene rings is 1. The molecule has 1 N–H and O–H groups in total. The van der Waals surface area contributed by atoms with E-state index in [9.17, 15) is 18.0 Å². The average molecular weight is 328 g/mol. The van der Waals surface area contributed by atoms with Crippen molar-refractivity contribution in [2.75, 3.05) is 13.1 Å². The van der Waals surface area contributed by atoms with Gasteiger partial charge >= 0.3 is 6.18 Å². The average Bonchev–Trinajstić information content (AvgIpc) is 2.52. The van der Waals surface area contributed by atoms with Crippen LogP contribution in [0.3, 0.4) is 0 Å². The molecule has 3 nitrogen and oxygen atoms in total. The van der Waals surface area contributed by atoms with Gasteiger partial charge < -0.3 is 10.2 Å². The molecule has 0 aliphatic carbocycles. The molecule has 0 spiro atoms. The van der Waals surface area contributed by atoms with E-state index >= 15 is 0 Å². The van der Waals surface area contributed by atoms with E-state index in [-0.39, 0.29) is 17.9 Å². The van der Waals surface area contributed by atoms with Crippen LogP contribution in [-0.4, -0.2) is 29.9 Å². The van der Waals surface area contributed by atoms with Crippen LogP contribution in [0.2, 0.25) is 0 Å². The fraction of sp³-hybridized carbons (Fsp3) is 0.588. The van der Waals surface area contributed by atoms with Gasteiger partial charge in [-0.1, -0.05) is 32.0 Å². The molecule has 23 heavy (non-hydrogen) atoms. The van der Waals surface area contributed by atoms with Crippen molar-refractivity contribution < 1.29 is 18.0 Å². The molecular formula is C17H23F3N2O. The molecular weight excluding hydrogens is 305 g/mol. The minimum absolute atomic E-state index is 0.160. The molecule has 1 saturated heterocycles. The van der Waals surface area contributed by atoms with Crippen molar-refractivity contribution in [1.82, 2.24) is 10.2 Å². The van der Waals surface area contributed by atoms with Gasteiger partial charge in [-0.3, -0.25) is 4.79 Å². The Bertz CT molecular complexity index is 545. The number of nitrogens with one attached hydrogen (secondary N) is 1. The number of carbonyl (C=O) groups is 1. The Morgan fingerprint density at radius 2 is 2.13 bits per heavy atom. The number of amides is 1. The van der Waals surface area contributed by atoms with Gasteiger partial charge in [-0.05, 0) is 24.0 Å².